The highest BCUT2D eigenvalue weighted by molar-refractivity contribution is 7.20. The van der Waals surface area contributed by atoms with E-state index in [1.807, 2.05) is 47.3 Å². The lowest BCUT2D eigenvalue weighted by Crippen LogP contribution is -2.81. The van der Waals surface area contributed by atoms with Crippen LogP contribution in [0.5, 0.6) is 0 Å². The minimum Gasteiger partial charge on any atom is -0.287 e. The summed E-state index contributed by atoms with van der Waals surface area (Å²) in [5.74, 6) is -71.3. The number of ketones is 1. The largest absolute Gasteiger partial charge is 0.287 e. The molecule has 76 heavy (non-hydrogen) atoms. The van der Waals surface area contributed by atoms with Gasteiger partial charge in [0.25, 0.3) is 0 Å². The molecule has 0 unspecified atom stereocenters. The molecular weight excluding hydrogens is 1060 g/mol. The predicted octanol–water partition coefficient (Wildman–Crippen LogP) is 12.3. The summed E-state index contributed by atoms with van der Waals surface area (Å²) >= 11 is 0. The molecule has 0 radical (unpaired) electrons. The minimum atomic E-state index is -7.22. The van der Waals surface area contributed by atoms with Crippen molar-refractivity contribution in [2.24, 2.45) is 0 Å². The van der Waals surface area contributed by atoms with Crippen molar-refractivity contribution in [3.63, 3.8) is 0 Å². The topological polar surface area (TPSA) is 20.9 Å². The Hall–Kier alpha value is -8.50. The summed E-state index contributed by atoms with van der Waals surface area (Å²) in [4.78, 5) is 12.5. The van der Waals surface area contributed by atoms with Gasteiger partial charge in [0, 0.05) is 17.7 Å². The van der Waals surface area contributed by atoms with Gasteiger partial charge in [0.05, 0.1) is 0 Å². The molecule has 0 saturated carbocycles. The number of halogens is 20. The van der Waals surface area contributed by atoms with Gasteiger partial charge in [0.1, 0.15) is 52.7 Å². The summed E-state index contributed by atoms with van der Waals surface area (Å²) in [6.45, 7) is 0.336. The molecule has 9 aromatic carbocycles. The zero-order valence-electron chi connectivity index (χ0n) is 37.1. The zero-order valence-corrected chi connectivity index (χ0v) is 37.1. The van der Waals surface area contributed by atoms with E-state index >= 15 is 35.1 Å². The summed E-state index contributed by atoms with van der Waals surface area (Å²) < 4.78 is 296. The van der Waals surface area contributed by atoms with E-state index in [9.17, 15) is 57.5 Å². The summed E-state index contributed by atoms with van der Waals surface area (Å²) in [5.41, 5.74) is -11.2. The summed E-state index contributed by atoms with van der Waals surface area (Å²) in [6, 6.07) is 33.4. The van der Waals surface area contributed by atoms with Crippen molar-refractivity contribution in [2.75, 3.05) is 0 Å². The van der Waals surface area contributed by atoms with Crippen LogP contribution in [0.2, 0.25) is 0 Å². The SMILES string of the molecule is Fc1c(F)c(F)c([B-](c2c(F)c(F)c(F)c(F)c2F)(c2c(F)c(F)c(F)c(F)c2F)c2c(F)c(F)c(F)c(F)c2F)c(F)c1F.O=C(C[n+]1ccc(-c2ccc3ccc4cccc5ccc2c3c45)cc1)c1ccccc1. The van der Waals surface area contributed by atoms with Crippen LogP contribution in [0.25, 0.3) is 43.4 Å². The lowest BCUT2D eigenvalue weighted by molar-refractivity contribution is -0.683. The Labute approximate surface area is 411 Å². The molecule has 10 rings (SSSR count). The fraction of sp³-hybridized carbons (Fsp3) is 0.0189. The zero-order chi connectivity index (χ0) is 55.1. The molecule has 0 aliphatic heterocycles. The lowest BCUT2D eigenvalue weighted by atomic mass is 9.12. The smallest absolute Gasteiger partial charge is 0.227 e. The molecule has 2 nitrogen and oxygen atoms in total. The number of nitrogens with zero attached hydrogens (tertiary/aromatic N) is 1. The van der Waals surface area contributed by atoms with Crippen LogP contribution in [0.15, 0.2) is 109 Å². The van der Waals surface area contributed by atoms with Crippen LogP contribution in [0.3, 0.4) is 0 Å². The Kier molecular flexibility index (Phi) is 13.3. The lowest BCUT2D eigenvalue weighted by Gasteiger charge is -2.44. The number of hydrogen-bond acceptors (Lipinski definition) is 1. The number of benzene rings is 9. The van der Waals surface area contributed by atoms with Crippen molar-refractivity contribution < 1.29 is 97.2 Å². The van der Waals surface area contributed by atoms with Crippen LogP contribution in [-0.2, 0) is 6.54 Å². The normalized spacial score (nSPS) is 11.8. The van der Waals surface area contributed by atoms with E-state index in [1.165, 1.54) is 37.9 Å². The highest BCUT2D eigenvalue weighted by Crippen LogP contribution is 2.39. The maximum absolute atomic E-state index is 15.4. The van der Waals surface area contributed by atoms with Crippen LogP contribution >= 0.6 is 0 Å². The molecular formula is C53H20BF20NO. The predicted molar refractivity (Wildman–Crippen MR) is 236 cm³/mol. The number of rotatable bonds is 8. The van der Waals surface area contributed by atoms with Crippen molar-refractivity contribution in [2.45, 2.75) is 6.54 Å². The summed E-state index contributed by atoms with van der Waals surface area (Å²) in [5, 5.41) is 7.74. The van der Waals surface area contributed by atoms with Gasteiger partial charge in [-0.3, -0.25) is 4.79 Å². The third kappa shape index (κ3) is 7.84. The Morgan fingerprint density at radius 3 is 1.01 bits per heavy atom. The first-order chi connectivity index (χ1) is 36.0. The first kappa shape index (κ1) is 52.4. The third-order valence-electron chi connectivity index (χ3n) is 12.9. The van der Waals surface area contributed by atoms with Crippen molar-refractivity contribution in [3.05, 3.63) is 231 Å². The molecule has 1 aromatic heterocycles. The van der Waals surface area contributed by atoms with Gasteiger partial charge in [0.15, 0.2) is 82.2 Å². The first-order valence-corrected chi connectivity index (χ1v) is 21.5. The first-order valence-electron chi connectivity index (χ1n) is 21.5. The average molecular weight is 1080 g/mol. The highest BCUT2D eigenvalue weighted by Gasteiger charge is 2.52. The van der Waals surface area contributed by atoms with Gasteiger partial charge in [-0.2, -0.15) is 4.57 Å². The van der Waals surface area contributed by atoms with Crippen LogP contribution in [0, 0.1) is 116 Å². The maximum Gasteiger partial charge on any atom is 0.227 e. The van der Waals surface area contributed by atoms with E-state index in [4.69, 9.17) is 0 Å². The Bertz CT molecular complexity index is 3650. The van der Waals surface area contributed by atoms with Gasteiger partial charge < -0.3 is 0 Å². The van der Waals surface area contributed by atoms with Crippen molar-refractivity contribution >= 4 is 66.1 Å². The van der Waals surface area contributed by atoms with Gasteiger partial charge in [-0.05, 0) is 43.4 Å². The molecule has 0 N–H and O–H groups in total. The Morgan fingerprint density at radius 1 is 0.329 bits per heavy atom. The summed E-state index contributed by atoms with van der Waals surface area (Å²) in [7, 11) is 0. The number of hydrogen-bond donors (Lipinski definition) is 0. The van der Waals surface area contributed by atoms with Gasteiger partial charge in [-0.15, -0.1) is 21.9 Å². The number of carbonyl (C=O) groups is 1. The minimum absolute atomic E-state index is 0.112. The second-order valence-corrected chi connectivity index (χ2v) is 16.8. The van der Waals surface area contributed by atoms with Crippen molar-refractivity contribution in [3.8, 4) is 11.1 Å². The van der Waals surface area contributed by atoms with E-state index in [0.717, 1.165) is 11.1 Å². The van der Waals surface area contributed by atoms with Crippen molar-refractivity contribution in [1.29, 1.82) is 0 Å². The second kappa shape index (κ2) is 19.3. The molecule has 0 spiro atoms. The maximum atomic E-state index is 15.4. The fourth-order valence-electron chi connectivity index (χ4n) is 9.48. The molecule has 10 aromatic rings. The van der Waals surface area contributed by atoms with E-state index < -0.39 is 144 Å². The van der Waals surface area contributed by atoms with Gasteiger partial charge in [-0.25, -0.2) is 87.8 Å². The Balaban J connectivity index is 0.000000197. The van der Waals surface area contributed by atoms with Crippen LogP contribution in [0.1, 0.15) is 10.4 Å². The molecule has 0 fully saturated rings. The third-order valence-corrected chi connectivity index (χ3v) is 12.9. The number of pyridine rings is 1. The summed E-state index contributed by atoms with van der Waals surface area (Å²) in [6.07, 6.45) is -3.23. The molecule has 386 valence electrons. The molecule has 23 heteroatoms. The van der Waals surface area contributed by atoms with E-state index in [2.05, 4.69) is 66.7 Å². The average Bonchev–Trinajstić information content (AvgIpc) is 3.45. The van der Waals surface area contributed by atoms with E-state index in [0.29, 0.717) is 6.54 Å². The Morgan fingerprint density at radius 2 is 0.645 bits per heavy atom. The van der Waals surface area contributed by atoms with Crippen LogP contribution < -0.4 is 26.4 Å². The number of aromatic nitrogens is 1. The van der Waals surface area contributed by atoms with Gasteiger partial charge >= 0.3 is 0 Å². The quantitative estimate of drug-likeness (QED) is 0.0283. The molecule has 0 atom stereocenters. The second-order valence-electron chi connectivity index (χ2n) is 16.8. The van der Waals surface area contributed by atoms with E-state index in [-0.39, 0.29) is 5.78 Å². The molecule has 0 bridgehead atoms. The van der Waals surface area contributed by atoms with Crippen LogP contribution in [-0.4, -0.2) is 11.9 Å². The molecule has 0 aliphatic rings. The molecule has 0 saturated heterocycles. The molecule has 1 heterocycles. The molecule has 0 aliphatic carbocycles. The van der Waals surface area contributed by atoms with Crippen LogP contribution in [0.4, 0.5) is 87.8 Å². The van der Waals surface area contributed by atoms with Gasteiger partial charge in [-0.1, -0.05) is 84.9 Å². The number of Topliss-reactive ketones (excluding diaryl/α,β-unsaturated/α-hetero) is 1. The molecule has 0 amide bonds. The highest BCUT2D eigenvalue weighted by atomic mass is 19.2. The fourth-order valence-corrected chi connectivity index (χ4v) is 9.48. The standard InChI is InChI=1S/C29H20NO.C24BF20/c31-27(21-5-2-1-3-6-21)19-30-17-15-20(16-18-30)25-13-11-24-10-9-22-7-4-8-23-12-14-26(25)29(24)28(22)23;26-5-1(6(27)14(35)21(42)13(5)34)25(2-7(28)15(36)22(43)16(37)8(2)29,3-9(30)17(38)23(44)18(39)10(3)31)4-11(32)19(40)24(45)20(41)12(4)33/h1-18H,19H2;/q+1;-1. The van der Waals surface area contributed by atoms with Gasteiger partial charge in [0.2, 0.25) is 12.3 Å². The van der Waals surface area contributed by atoms with Crippen molar-refractivity contribution in [1.82, 2.24) is 0 Å². The monoisotopic (exact) mass is 1080 g/mol. The number of carbonyl (C=O) groups excluding carboxylic acids is 1. The van der Waals surface area contributed by atoms with E-state index in [1.54, 1.807) is 0 Å².